The molecule has 0 aliphatic rings. The van der Waals surface area contributed by atoms with E-state index in [1.807, 2.05) is 43.7 Å². The Morgan fingerprint density at radius 3 is 2.53 bits per heavy atom. The van der Waals surface area contributed by atoms with E-state index in [-0.39, 0.29) is 11.3 Å². The van der Waals surface area contributed by atoms with Gasteiger partial charge in [0.05, 0.1) is 13.3 Å². The van der Waals surface area contributed by atoms with E-state index in [9.17, 15) is 0 Å². The average molecular weight is 277 g/mol. The minimum atomic E-state index is -0.0175. The molecule has 102 valence electrons. The van der Waals surface area contributed by atoms with Gasteiger partial charge in [-0.1, -0.05) is 19.1 Å². The molecule has 1 aromatic heterocycles. The Balaban J connectivity index is 2.03. The molecule has 5 heteroatoms. The SMILES string of the molecule is COc1ccc(C(N)C(C)Sc2cnn(C)c2)cc1. The molecule has 0 radical (unpaired) electrons. The second kappa shape index (κ2) is 6.12. The van der Waals surface area contributed by atoms with Crippen LogP contribution < -0.4 is 10.5 Å². The summed E-state index contributed by atoms with van der Waals surface area (Å²) in [7, 11) is 3.58. The molecule has 0 bridgehead atoms. The molecule has 0 fully saturated rings. The van der Waals surface area contributed by atoms with E-state index in [1.165, 1.54) is 0 Å². The summed E-state index contributed by atoms with van der Waals surface area (Å²) in [5.74, 6) is 0.850. The van der Waals surface area contributed by atoms with Crippen molar-refractivity contribution in [3.8, 4) is 5.75 Å². The van der Waals surface area contributed by atoms with Gasteiger partial charge in [-0.15, -0.1) is 11.8 Å². The van der Waals surface area contributed by atoms with Crippen LogP contribution in [0.2, 0.25) is 0 Å². The molecule has 2 unspecified atom stereocenters. The minimum absolute atomic E-state index is 0.0175. The molecule has 0 aliphatic carbocycles. The molecular weight excluding hydrogens is 258 g/mol. The number of hydrogen-bond acceptors (Lipinski definition) is 4. The van der Waals surface area contributed by atoms with Crippen LogP contribution in [-0.4, -0.2) is 22.1 Å². The highest BCUT2D eigenvalue weighted by Gasteiger charge is 2.16. The van der Waals surface area contributed by atoms with Crippen molar-refractivity contribution < 1.29 is 4.74 Å². The molecule has 1 heterocycles. The van der Waals surface area contributed by atoms with Crippen LogP contribution in [0.1, 0.15) is 18.5 Å². The second-order valence-corrected chi connectivity index (χ2v) is 5.92. The van der Waals surface area contributed by atoms with E-state index in [1.54, 1.807) is 23.6 Å². The van der Waals surface area contributed by atoms with Crippen molar-refractivity contribution in [2.24, 2.45) is 12.8 Å². The van der Waals surface area contributed by atoms with Crippen LogP contribution >= 0.6 is 11.8 Å². The van der Waals surface area contributed by atoms with Crippen molar-refractivity contribution in [1.29, 1.82) is 0 Å². The van der Waals surface area contributed by atoms with Gasteiger partial charge in [-0.25, -0.2) is 0 Å². The number of aromatic nitrogens is 2. The van der Waals surface area contributed by atoms with E-state index in [2.05, 4.69) is 12.0 Å². The van der Waals surface area contributed by atoms with Gasteiger partial charge in [0.1, 0.15) is 5.75 Å². The van der Waals surface area contributed by atoms with Crippen LogP contribution in [-0.2, 0) is 7.05 Å². The molecular formula is C14H19N3OS. The van der Waals surface area contributed by atoms with E-state index in [4.69, 9.17) is 10.5 Å². The lowest BCUT2D eigenvalue weighted by atomic mass is 10.1. The monoisotopic (exact) mass is 277 g/mol. The van der Waals surface area contributed by atoms with Crippen molar-refractivity contribution in [3.05, 3.63) is 42.2 Å². The predicted molar refractivity (Wildman–Crippen MR) is 78.4 cm³/mol. The predicted octanol–water partition coefficient (Wildman–Crippen LogP) is 2.61. The van der Waals surface area contributed by atoms with Crippen LogP contribution in [0.25, 0.3) is 0 Å². The highest BCUT2D eigenvalue weighted by molar-refractivity contribution is 8.00. The number of hydrogen-bond donors (Lipinski definition) is 1. The summed E-state index contributed by atoms with van der Waals surface area (Å²) in [5.41, 5.74) is 7.41. The van der Waals surface area contributed by atoms with Crippen molar-refractivity contribution in [2.45, 2.75) is 23.1 Å². The lowest BCUT2D eigenvalue weighted by Gasteiger charge is -2.19. The number of ether oxygens (including phenoxy) is 1. The average Bonchev–Trinajstić information content (AvgIpc) is 2.83. The third-order valence-corrected chi connectivity index (χ3v) is 4.16. The zero-order valence-corrected chi connectivity index (χ0v) is 12.2. The maximum Gasteiger partial charge on any atom is 0.118 e. The van der Waals surface area contributed by atoms with Gasteiger partial charge < -0.3 is 10.5 Å². The van der Waals surface area contributed by atoms with Crippen LogP contribution in [0.5, 0.6) is 5.75 Å². The quantitative estimate of drug-likeness (QED) is 0.854. The first-order chi connectivity index (χ1) is 9.10. The van der Waals surface area contributed by atoms with Crippen LogP contribution in [0.3, 0.4) is 0 Å². The highest BCUT2D eigenvalue weighted by Crippen LogP contribution is 2.30. The summed E-state index contributed by atoms with van der Waals surface area (Å²) in [6, 6.07) is 7.90. The third-order valence-electron chi connectivity index (χ3n) is 3.01. The largest absolute Gasteiger partial charge is 0.497 e. The Hall–Kier alpha value is -1.46. The molecule has 1 aromatic carbocycles. The number of thioether (sulfide) groups is 1. The molecule has 0 saturated carbocycles. The molecule has 0 spiro atoms. The summed E-state index contributed by atoms with van der Waals surface area (Å²) < 4.78 is 6.95. The Labute approximate surface area is 117 Å². The molecule has 0 amide bonds. The lowest BCUT2D eigenvalue weighted by Crippen LogP contribution is -2.20. The van der Waals surface area contributed by atoms with Crippen LogP contribution in [0, 0.1) is 0 Å². The normalized spacial score (nSPS) is 14.1. The number of aryl methyl sites for hydroxylation is 1. The van der Waals surface area contributed by atoms with Gasteiger partial charge in [0.15, 0.2) is 0 Å². The molecule has 0 aliphatic heterocycles. The first-order valence-corrected chi connectivity index (χ1v) is 7.03. The number of nitrogens with two attached hydrogens (primary N) is 1. The minimum Gasteiger partial charge on any atom is -0.497 e. The standard InChI is InChI=1S/C14H19N3OS/c1-10(19-13-8-16-17(2)9-13)14(15)11-4-6-12(18-3)7-5-11/h4-10,14H,15H2,1-3H3. The summed E-state index contributed by atoms with van der Waals surface area (Å²) in [4.78, 5) is 1.14. The summed E-state index contributed by atoms with van der Waals surface area (Å²) in [6.45, 7) is 2.13. The number of rotatable bonds is 5. The fraction of sp³-hybridized carbons (Fsp3) is 0.357. The smallest absolute Gasteiger partial charge is 0.118 e. The van der Waals surface area contributed by atoms with Gasteiger partial charge in [0, 0.05) is 29.4 Å². The number of methoxy groups -OCH3 is 1. The van der Waals surface area contributed by atoms with Crippen LogP contribution in [0.4, 0.5) is 0 Å². The second-order valence-electron chi connectivity index (χ2n) is 4.47. The van der Waals surface area contributed by atoms with Gasteiger partial charge in [0.2, 0.25) is 0 Å². The zero-order valence-electron chi connectivity index (χ0n) is 11.4. The van der Waals surface area contributed by atoms with Gasteiger partial charge in [0.25, 0.3) is 0 Å². The Kier molecular flexibility index (Phi) is 4.50. The highest BCUT2D eigenvalue weighted by atomic mass is 32.2. The molecule has 4 nitrogen and oxygen atoms in total. The molecule has 2 atom stereocenters. The number of nitrogens with zero attached hydrogens (tertiary/aromatic N) is 2. The van der Waals surface area contributed by atoms with Gasteiger partial charge in [-0.3, -0.25) is 4.68 Å². The molecule has 19 heavy (non-hydrogen) atoms. The van der Waals surface area contributed by atoms with Crippen molar-refractivity contribution >= 4 is 11.8 Å². The van der Waals surface area contributed by atoms with Gasteiger partial charge in [-0.05, 0) is 17.7 Å². The van der Waals surface area contributed by atoms with Crippen molar-refractivity contribution in [1.82, 2.24) is 9.78 Å². The Morgan fingerprint density at radius 2 is 2.00 bits per heavy atom. The topological polar surface area (TPSA) is 53.1 Å². The van der Waals surface area contributed by atoms with E-state index < -0.39 is 0 Å². The maximum absolute atomic E-state index is 6.30. The van der Waals surface area contributed by atoms with E-state index >= 15 is 0 Å². The lowest BCUT2D eigenvalue weighted by molar-refractivity contribution is 0.414. The first-order valence-electron chi connectivity index (χ1n) is 6.15. The van der Waals surface area contributed by atoms with Gasteiger partial charge >= 0.3 is 0 Å². The van der Waals surface area contributed by atoms with E-state index in [0.29, 0.717) is 0 Å². The molecule has 2 rings (SSSR count). The third kappa shape index (κ3) is 3.52. The Morgan fingerprint density at radius 1 is 1.32 bits per heavy atom. The summed E-state index contributed by atoms with van der Waals surface area (Å²) in [5, 5.41) is 4.44. The Bertz CT molecular complexity index is 524. The van der Waals surface area contributed by atoms with Crippen LogP contribution in [0.15, 0.2) is 41.6 Å². The first kappa shape index (κ1) is 14.0. The summed E-state index contributed by atoms with van der Waals surface area (Å²) >= 11 is 1.74. The zero-order chi connectivity index (χ0) is 13.8. The molecule has 2 N–H and O–H groups in total. The fourth-order valence-electron chi connectivity index (χ4n) is 1.84. The van der Waals surface area contributed by atoms with Gasteiger partial charge in [-0.2, -0.15) is 5.10 Å². The molecule has 0 saturated heterocycles. The molecule has 2 aromatic rings. The van der Waals surface area contributed by atoms with Crippen molar-refractivity contribution in [3.63, 3.8) is 0 Å². The van der Waals surface area contributed by atoms with E-state index in [0.717, 1.165) is 16.2 Å². The van der Waals surface area contributed by atoms with Crippen molar-refractivity contribution in [2.75, 3.05) is 7.11 Å². The summed E-state index contributed by atoms with van der Waals surface area (Å²) in [6.07, 6.45) is 3.86. The fourth-order valence-corrected chi connectivity index (χ4v) is 2.90. The number of benzene rings is 1. The maximum atomic E-state index is 6.30.